The Hall–Kier alpha value is -2.37. The number of hydrogen-bond donors (Lipinski definition) is 2. The van der Waals surface area contributed by atoms with Crippen LogP contribution in [0.25, 0.3) is 11.1 Å². The molecule has 6 heteroatoms. The maximum atomic E-state index is 12.0. The lowest BCUT2D eigenvalue weighted by atomic mass is 9.66. The lowest BCUT2D eigenvalue weighted by molar-refractivity contribution is -0.157. The van der Waals surface area contributed by atoms with Crippen molar-refractivity contribution < 1.29 is 19.1 Å². The first kappa shape index (κ1) is 13.6. The number of benzene rings is 1. The summed E-state index contributed by atoms with van der Waals surface area (Å²) in [6.07, 6.45) is 2.01. The van der Waals surface area contributed by atoms with Crippen molar-refractivity contribution in [3.8, 4) is 0 Å². The normalized spacial score (nSPS) is 16.4. The van der Waals surface area contributed by atoms with Crippen LogP contribution < -0.4 is 5.32 Å². The van der Waals surface area contributed by atoms with Crippen LogP contribution in [0.15, 0.2) is 22.6 Å². The predicted octanol–water partition coefficient (Wildman–Crippen LogP) is 2.72. The Labute approximate surface area is 121 Å². The number of oxazole rings is 1. The fourth-order valence-corrected chi connectivity index (χ4v) is 2.70. The summed E-state index contributed by atoms with van der Waals surface area (Å²) in [6.45, 7) is 1.76. The molecule has 3 rings (SSSR count). The van der Waals surface area contributed by atoms with Gasteiger partial charge in [0.1, 0.15) is 5.52 Å². The first-order valence-corrected chi connectivity index (χ1v) is 6.89. The van der Waals surface area contributed by atoms with Gasteiger partial charge in [-0.15, -0.1) is 0 Å². The zero-order chi connectivity index (χ0) is 15.0. The quantitative estimate of drug-likeness (QED) is 0.902. The number of anilines is 1. The molecule has 0 aliphatic heterocycles. The van der Waals surface area contributed by atoms with Gasteiger partial charge < -0.3 is 14.8 Å². The molecular weight excluding hydrogens is 272 g/mol. The fourth-order valence-electron chi connectivity index (χ4n) is 2.70. The molecule has 0 radical (unpaired) electrons. The van der Waals surface area contributed by atoms with Crippen molar-refractivity contribution in [3.63, 3.8) is 0 Å². The van der Waals surface area contributed by atoms with Gasteiger partial charge in [0.2, 0.25) is 5.91 Å². The van der Waals surface area contributed by atoms with E-state index < -0.39 is 11.4 Å². The van der Waals surface area contributed by atoms with Crippen molar-refractivity contribution in [3.05, 3.63) is 24.1 Å². The molecule has 1 aliphatic rings. The summed E-state index contributed by atoms with van der Waals surface area (Å²) in [7, 11) is 0. The summed E-state index contributed by atoms with van der Waals surface area (Å²) in [6, 6.07) is 5.18. The average molecular weight is 288 g/mol. The minimum Gasteiger partial charge on any atom is -0.481 e. The smallest absolute Gasteiger partial charge is 0.310 e. The molecule has 21 heavy (non-hydrogen) atoms. The third kappa shape index (κ3) is 2.49. The molecule has 0 bridgehead atoms. The Balaban J connectivity index is 1.72. The minimum atomic E-state index is -0.883. The van der Waals surface area contributed by atoms with Crippen molar-refractivity contribution in [2.24, 2.45) is 5.41 Å². The molecule has 1 heterocycles. The summed E-state index contributed by atoms with van der Waals surface area (Å²) in [5, 5.41) is 12.0. The Kier molecular flexibility index (Phi) is 3.16. The number of carbonyl (C=O) groups excluding carboxylic acids is 1. The van der Waals surface area contributed by atoms with Gasteiger partial charge in [-0.3, -0.25) is 9.59 Å². The van der Waals surface area contributed by atoms with Gasteiger partial charge in [0, 0.05) is 19.0 Å². The minimum absolute atomic E-state index is 0.0121. The number of amides is 1. The van der Waals surface area contributed by atoms with Crippen LogP contribution in [0.1, 0.15) is 31.6 Å². The molecular formula is C15H16N2O4. The van der Waals surface area contributed by atoms with Gasteiger partial charge >= 0.3 is 5.97 Å². The molecule has 1 saturated carbocycles. The number of rotatable bonds is 4. The largest absolute Gasteiger partial charge is 0.481 e. The van der Waals surface area contributed by atoms with E-state index in [0.717, 1.165) is 6.42 Å². The second-order valence-corrected chi connectivity index (χ2v) is 5.58. The highest BCUT2D eigenvalue weighted by Crippen LogP contribution is 2.44. The van der Waals surface area contributed by atoms with Crippen molar-refractivity contribution in [2.45, 2.75) is 32.6 Å². The zero-order valence-corrected chi connectivity index (χ0v) is 11.7. The molecule has 110 valence electrons. The second-order valence-electron chi connectivity index (χ2n) is 5.58. The maximum Gasteiger partial charge on any atom is 0.310 e. The first-order chi connectivity index (χ1) is 9.98. The fraction of sp³-hybridized carbons (Fsp3) is 0.400. The number of aromatic nitrogens is 1. The van der Waals surface area contributed by atoms with Crippen molar-refractivity contribution in [1.29, 1.82) is 0 Å². The van der Waals surface area contributed by atoms with E-state index in [-0.39, 0.29) is 12.3 Å². The Morgan fingerprint density at radius 1 is 1.43 bits per heavy atom. The first-order valence-electron chi connectivity index (χ1n) is 6.89. The van der Waals surface area contributed by atoms with E-state index in [1.54, 1.807) is 25.1 Å². The summed E-state index contributed by atoms with van der Waals surface area (Å²) in [5.74, 6) is -0.601. The third-order valence-electron chi connectivity index (χ3n) is 4.04. The number of nitrogens with zero attached hydrogens (tertiary/aromatic N) is 1. The molecule has 0 spiro atoms. The van der Waals surface area contributed by atoms with E-state index >= 15 is 0 Å². The Bertz CT molecular complexity index is 716. The molecule has 1 aliphatic carbocycles. The highest BCUT2D eigenvalue weighted by Gasteiger charge is 2.45. The Morgan fingerprint density at radius 3 is 2.81 bits per heavy atom. The number of aryl methyl sites for hydroxylation is 1. The van der Waals surface area contributed by atoms with Crippen LogP contribution in [0.4, 0.5) is 5.69 Å². The van der Waals surface area contributed by atoms with Gasteiger partial charge in [-0.1, -0.05) is 6.42 Å². The SMILES string of the molecule is Cc1nc2cc(NC(=O)CC3(C(=O)O)CCC3)ccc2o1. The number of fused-ring (bicyclic) bond motifs is 1. The molecule has 6 nitrogen and oxygen atoms in total. The average Bonchev–Trinajstić information content (AvgIpc) is 2.72. The Morgan fingerprint density at radius 2 is 2.19 bits per heavy atom. The van der Waals surface area contributed by atoms with Crippen LogP contribution in [0.3, 0.4) is 0 Å². The monoisotopic (exact) mass is 288 g/mol. The summed E-state index contributed by atoms with van der Waals surface area (Å²) in [4.78, 5) is 27.5. The number of carbonyl (C=O) groups is 2. The van der Waals surface area contributed by atoms with Crippen LogP contribution in [0.2, 0.25) is 0 Å². The van der Waals surface area contributed by atoms with Gasteiger partial charge in [0.25, 0.3) is 0 Å². The molecule has 2 N–H and O–H groups in total. The molecule has 1 aromatic heterocycles. The molecule has 1 fully saturated rings. The van der Waals surface area contributed by atoms with Crippen LogP contribution in [-0.2, 0) is 9.59 Å². The van der Waals surface area contributed by atoms with E-state index in [1.165, 1.54) is 0 Å². The number of aliphatic carboxylic acids is 1. The number of hydrogen-bond acceptors (Lipinski definition) is 4. The van der Waals surface area contributed by atoms with E-state index in [2.05, 4.69) is 10.3 Å². The second kappa shape index (κ2) is 4.87. The molecule has 0 unspecified atom stereocenters. The van der Waals surface area contributed by atoms with E-state index in [9.17, 15) is 14.7 Å². The molecule has 2 aromatic rings. The third-order valence-corrected chi connectivity index (χ3v) is 4.04. The summed E-state index contributed by atoms with van der Waals surface area (Å²) >= 11 is 0. The highest BCUT2D eigenvalue weighted by molar-refractivity contribution is 5.95. The lowest BCUT2D eigenvalue weighted by Gasteiger charge is -2.36. The molecule has 0 atom stereocenters. The molecule has 1 amide bonds. The topological polar surface area (TPSA) is 92.4 Å². The van der Waals surface area contributed by atoms with Crippen LogP contribution in [0, 0.1) is 12.3 Å². The van der Waals surface area contributed by atoms with E-state index in [1.807, 2.05) is 0 Å². The predicted molar refractivity (Wildman–Crippen MR) is 75.9 cm³/mol. The van der Waals surface area contributed by atoms with Crippen LogP contribution in [0.5, 0.6) is 0 Å². The zero-order valence-electron chi connectivity index (χ0n) is 11.7. The number of carboxylic acids is 1. The van der Waals surface area contributed by atoms with Crippen molar-refractivity contribution in [2.75, 3.05) is 5.32 Å². The lowest BCUT2D eigenvalue weighted by Crippen LogP contribution is -2.41. The van der Waals surface area contributed by atoms with E-state index in [4.69, 9.17) is 4.42 Å². The van der Waals surface area contributed by atoms with Gasteiger partial charge in [-0.25, -0.2) is 4.98 Å². The maximum absolute atomic E-state index is 12.0. The van der Waals surface area contributed by atoms with Gasteiger partial charge in [0.05, 0.1) is 5.41 Å². The van der Waals surface area contributed by atoms with Gasteiger partial charge in [-0.2, -0.15) is 0 Å². The highest BCUT2D eigenvalue weighted by atomic mass is 16.4. The van der Waals surface area contributed by atoms with E-state index in [0.29, 0.717) is 35.5 Å². The summed E-state index contributed by atoms with van der Waals surface area (Å²) < 4.78 is 5.36. The van der Waals surface area contributed by atoms with Crippen LogP contribution in [-0.4, -0.2) is 22.0 Å². The number of carboxylic acid groups (broad SMARTS) is 1. The van der Waals surface area contributed by atoms with Crippen molar-refractivity contribution in [1.82, 2.24) is 4.98 Å². The number of nitrogens with one attached hydrogen (secondary N) is 1. The summed E-state index contributed by atoms with van der Waals surface area (Å²) in [5.41, 5.74) is 1.05. The molecule has 0 saturated heterocycles. The van der Waals surface area contributed by atoms with Crippen LogP contribution >= 0.6 is 0 Å². The van der Waals surface area contributed by atoms with Crippen molar-refractivity contribution >= 4 is 28.7 Å². The standard InChI is InChI=1S/C15H16N2O4/c1-9-16-11-7-10(3-4-12(11)21-9)17-13(18)8-15(14(19)20)5-2-6-15/h3-4,7H,2,5-6,8H2,1H3,(H,17,18)(H,19,20). The van der Waals surface area contributed by atoms with Gasteiger partial charge in [0.15, 0.2) is 11.5 Å². The van der Waals surface area contributed by atoms with Gasteiger partial charge in [-0.05, 0) is 31.0 Å². The molecule has 1 aromatic carbocycles.